The van der Waals surface area contributed by atoms with Crippen LogP contribution in [0.3, 0.4) is 0 Å². The lowest BCUT2D eigenvalue weighted by atomic mass is 10.0. The molecule has 0 saturated carbocycles. The first-order valence-electron chi connectivity index (χ1n) is 7.09. The predicted molar refractivity (Wildman–Crippen MR) is 72.2 cm³/mol. The molecule has 6 heteroatoms. The molecular formula is C13H24N4O2. The SMILES string of the molecule is CC1CCCN(C(=O)C(=O)NN2CCN(C)CC2)C1. The van der Waals surface area contributed by atoms with Crippen molar-refractivity contribution in [1.82, 2.24) is 20.2 Å². The molecular weight excluding hydrogens is 244 g/mol. The lowest BCUT2D eigenvalue weighted by Crippen LogP contribution is -2.56. The highest BCUT2D eigenvalue weighted by Gasteiger charge is 2.27. The van der Waals surface area contributed by atoms with Crippen LogP contribution in [-0.4, -0.2) is 72.9 Å². The van der Waals surface area contributed by atoms with Crippen molar-refractivity contribution >= 4 is 11.8 Å². The molecule has 6 nitrogen and oxygen atoms in total. The second kappa shape index (κ2) is 6.34. The monoisotopic (exact) mass is 268 g/mol. The van der Waals surface area contributed by atoms with Gasteiger partial charge in [-0.1, -0.05) is 6.92 Å². The van der Waals surface area contributed by atoms with E-state index in [0.717, 1.165) is 39.0 Å². The molecule has 0 aromatic rings. The number of amides is 2. The zero-order valence-electron chi connectivity index (χ0n) is 11.9. The Morgan fingerprint density at radius 2 is 1.79 bits per heavy atom. The van der Waals surface area contributed by atoms with Crippen molar-refractivity contribution in [3.8, 4) is 0 Å². The van der Waals surface area contributed by atoms with Crippen LogP contribution in [0.4, 0.5) is 0 Å². The van der Waals surface area contributed by atoms with E-state index in [0.29, 0.717) is 19.0 Å². The first-order chi connectivity index (χ1) is 9.06. The average Bonchev–Trinajstić information content (AvgIpc) is 2.40. The summed E-state index contributed by atoms with van der Waals surface area (Å²) < 4.78 is 0. The van der Waals surface area contributed by atoms with Crippen molar-refractivity contribution in [3.05, 3.63) is 0 Å². The fourth-order valence-electron chi connectivity index (χ4n) is 2.63. The number of piperazine rings is 1. The number of likely N-dealkylation sites (tertiary alicyclic amines) is 1. The number of piperidine rings is 1. The van der Waals surface area contributed by atoms with Gasteiger partial charge < -0.3 is 9.80 Å². The summed E-state index contributed by atoms with van der Waals surface area (Å²) in [6.45, 7) is 6.90. The highest BCUT2D eigenvalue weighted by Crippen LogP contribution is 2.15. The summed E-state index contributed by atoms with van der Waals surface area (Å²) in [7, 11) is 2.05. The molecule has 2 heterocycles. The normalized spacial score (nSPS) is 26.2. The van der Waals surface area contributed by atoms with Crippen LogP contribution in [0.5, 0.6) is 0 Å². The molecule has 2 aliphatic heterocycles. The van der Waals surface area contributed by atoms with Gasteiger partial charge in [0.05, 0.1) is 0 Å². The highest BCUT2D eigenvalue weighted by atomic mass is 16.2. The van der Waals surface area contributed by atoms with Gasteiger partial charge in [0.1, 0.15) is 0 Å². The van der Waals surface area contributed by atoms with Crippen molar-refractivity contribution in [2.45, 2.75) is 19.8 Å². The molecule has 2 saturated heterocycles. The summed E-state index contributed by atoms with van der Waals surface area (Å²) in [5.74, 6) is -0.377. The van der Waals surface area contributed by atoms with Gasteiger partial charge in [-0.05, 0) is 25.8 Å². The zero-order valence-corrected chi connectivity index (χ0v) is 11.9. The van der Waals surface area contributed by atoms with E-state index in [1.807, 2.05) is 5.01 Å². The Hall–Kier alpha value is -1.14. The Labute approximate surface area is 114 Å². The summed E-state index contributed by atoms with van der Waals surface area (Å²) >= 11 is 0. The van der Waals surface area contributed by atoms with E-state index in [2.05, 4.69) is 24.3 Å². The number of nitrogens with zero attached hydrogens (tertiary/aromatic N) is 3. The van der Waals surface area contributed by atoms with E-state index in [9.17, 15) is 9.59 Å². The van der Waals surface area contributed by atoms with E-state index in [1.165, 1.54) is 0 Å². The maximum Gasteiger partial charge on any atom is 0.323 e. The fraction of sp³-hybridized carbons (Fsp3) is 0.846. The fourth-order valence-corrected chi connectivity index (χ4v) is 2.63. The van der Waals surface area contributed by atoms with Crippen molar-refractivity contribution < 1.29 is 9.59 Å². The summed E-state index contributed by atoms with van der Waals surface area (Å²) in [6, 6.07) is 0. The van der Waals surface area contributed by atoms with Crippen LogP contribution in [0.2, 0.25) is 0 Å². The van der Waals surface area contributed by atoms with E-state index in [4.69, 9.17) is 0 Å². The number of hydrazine groups is 1. The average molecular weight is 268 g/mol. The van der Waals surface area contributed by atoms with E-state index >= 15 is 0 Å². The predicted octanol–water partition coefficient (Wildman–Crippen LogP) is -0.476. The molecule has 2 fully saturated rings. The second-order valence-electron chi connectivity index (χ2n) is 5.73. The summed E-state index contributed by atoms with van der Waals surface area (Å²) in [5, 5.41) is 1.84. The van der Waals surface area contributed by atoms with Crippen LogP contribution in [-0.2, 0) is 9.59 Å². The van der Waals surface area contributed by atoms with Crippen LogP contribution >= 0.6 is 0 Å². The van der Waals surface area contributed by atoms with E-state index in [1.54, 1.807) is 4.90 Å². The second-order valence-corrected chi connectivity index (χ2v) is 5.73. The van der Waals surface area contributed by atoms with Crippen LogP contribution in [0.25, 0.3) is 0 Å². The van der Waals surface area contributed by atoms with Crippen molar-refractivity contribution in [2.75, 3.05) is 46.3 Å². The number of rotatable bonds is 1. The number of hydrogen-bond acceptors (Lipinski definition) is 4. The smallest absolute Gasteiger partial charge is 0.323 e. The summed E-state index contributed by atoms with van der Waals surface area (Å²) in [4.78, 5) is 27.9. The molecule has 0 aromatic carbocycles. The highest BCUT2D eigenvalue weighted by molar-refractivity contribution is 6.34. The third-order valence-electron chi connectivity index (χ3n) is 3.90. The van der Waals surface area contributed by atoms with Crippen LogP contribution in [0, 0.1) is 5.92 Å². The van der Waals surface area contributed by atoms with Crippen molar-refractivity contribution in [3.63, 3.8) is 0 Å². The zero-order chi connectivity index (χ0) is 13.8. The van der Waals surface area contributed by atoms with E-state index in [-0.39, 0.29) is 5.91 Å². The molecule has 1 unspecified atom stereocenters. The Bertz CT molecular complexity index is 340. The molecule has 2 amide bonds. The summed E-state index contributed by atoms with van der Waals surface area (Å²) in [5.41, 5.74) is 2.73. The number of nitrogens with one attached hydrogen (secondary N) is 1. The minimum atomic E-state index is -0.487. The van der Waals surface area contributed by atoms with Gasteiger partial charge in [0.2, 0.25) is 0 Å². The summed E-state index contributed by atoms with van der Waals surface area (Å²) in [6.07, 6.45) is 2.14. The van der Waals surface area contributed by atoms with Gasteiger partial charge in [-0.25, -0.2) is 5.01 Å². The van der Waals surface area contributed by atoms with Gasteiger partial charge in [-0.15, -0.1) is 0 Å². The first kappa shape index (κ1) is 14.3. The largest absolute Gasteiger partial charge is 0.334 e. The minimum Gasteiger partial charge on any atom is -0.334 e. The van der Waals surface area contributed by atoms with Gasteiger partial charge in [0, 0.05) is 39.3 Å². The molecule has 0 radical (unpaired) electrons. The minimum absolute atomic E-state index is 0.384. The van der Waals surface area contributed by atoms with Gasteiger partial charge in [-0.2, -0.15) is 0 Å². The molecule has 2 aliphatic rings. The van der Waals surface area contributed by atoms with Gasteiger partial charge in [0.25, 0.3) is 0 Å². The molecule has 0 aliphatic carbocycles. The first-order valence-corrected chi connectivity index (χ1v) is 7.09. The standard InChI is InChI=1S/C13H24N4O2/c1-11-4-3-5-16(10-11)13(19)12(18)14-17-8-6-15(2)7-9-17/h11H,3-10H2,1-2H3,(H,14,18). The molecule has 0 spiro atoms. The number of carbonyl (C=O) groups excluding carboxylic acids is 2. The molecule has 0 bridgehead atoms. The number of carbonyl (C=O) groups is 2. The molecule has 1 atom stereocenters. The Morgan fingerprint density at radius 1 is 1.11 bits per heavy atom. The quantitative estimate of drug-likeness (QED) is 0.653. The maximum atomic E-state index is 12.1. The Kier molecular flexibility index (Phi) is 4.76. The third kappa shape index (κ3) is 3.91. The van der Waals surface area contributed by atoms with Gasteiger partial charge in [-0.3, -0.25) is 15.0 Å². The van der Waals surface area contributed by atoms with Crippen LogP contribution in [0.1, 0.15) is 19.8 Å². The van der Waals surface area contributed by atoms with E-state index < -0.39 is 5.91 Å². The third-order valence-corrected chi connectivity index (χ3v) is 3.90. The number of hydrogen-bond donors (Lipinski definition) is 1. The Balaban J connectivity index is 1.80. The molecule has 1 N–H and O–H groups in total. The molecule has 108 valence electrons. The topological polar surface area (TPSA) is 55.9 Å². The molecule has 0 aromatic heterocycles. The lowest BCUT2D eigenvalue weighted by Gasteiger charge is -2.34. The lowest BCUT2D eigenvalue weighted by molar-refractivity contribution is -0.150. The molecule has 19 heavy (non-hydrogen) atoms. The Morgan fingerprint density at radius 3 is 2.42 bits per heavy atom. The maximum absolute atomic E-state index is 12.1. The van der Waals surface area contributed by atoms with Crippen molar-refractivity contribution in [2.24, 2.45) is 5.92 Å². The van der Waals surface area contributed by atoms with Gasteiger partial charge in [0.15, 0.2) is 0 Å². The van der Waals surface area contributed by atoms with Crippen LogP contribution < -0.4 is 5.43 Å². The molecule has 2 rings (SSSR count). The number of likely N-dealkylation sites (N-methyl/N-ethyl adjacent to an activating group) is 1. The van der Waals surface area contributed by atoms with Crippen LogP contribution in [0.15, 0.2) is 0 Å². The van der Waals surface area contributed by atoms with Gasteiger partial charge >= 0.3 is 11.8 Å². The van der Waals surface area contributed by atoms with Crippen molar-refractivity contribution in [1.29, 1.82) is 0 Å².